The summed E-state index contributed by atoms with van der Waals surface area (Å²) in [5.41, 5.74) is 2.44. The summed E-state index contributed by atoms with van der Waals surface area (Å²) in [6.45, 7) is 11.3. The fourth-order valence-corrected chi connectivity index (χ4v) is 2.42. The smallest absolute Gasteiger partial charge is 0.274 e. The van der Waals surface area contributed by atoms with Crippen molar-refractivity contribution in [1.82, 2.24) is 9.97 Å². The Morgan fingerprint density at radius 1 is 1.12 bits per heavy atom. The molecule has 0 atom stereocenters. The minimum atomic E-state index is -0.229. The number of benzene rings is 1. The van der Waals surface area contributed by atoms with Gasteiger partial charge in [-0.2, -0.15) is 0 Å². The van der Waals surface area contributed by atoms with Crippen LogP contribution >= 0.6 is 0 Å². The monoisotopic (exact) mass is 340 g/mol. The van der Waals surface area contributed by atoms with Crippen molar-refractivity contribution in [2.75, 3.05) is 17.2 Å². The quantitative estimate of drug-likeness (QED) is 0.757. The third kappa shape index (κ3) is 5.55. The van der Waals surface area contributed by atoms with E-state index in [1.54, 1.807) is 13.0 Å². The molecule has 0 aliphatic heterocycles. The van der Waals surface area contributed by atoms with Gasteiger partial charge in [0.05, 0.1) is 0 Å². The molecule has 0 bridgehead atoms. The minimum Gasteiger partial charge on any atom is -0.370 e. The molecule has 25 heavy (non-hydrogen) atoms. The first-order valence-corrected chi connectivity index (χ1v) is 8.81. The largest absolute Gasteiger partial charge is 0.370 e. The zero-order chi connectivity index (χ0) is 18.4. The van der Waals surface area contributed by atoms with Crippen molar-refractivity contribution in [2.24, 2.45) is 0 Å². The average molecular weight is 340 g/mol. The number of anilines is 2. The van der Waals surface area contributed by atoms with Crippen LogP contribution in [0.4, 0.5) is 11.5 Å². The second-order valence-corrected chi connectivity index (χ2v) is 7.25. The van der Waals surface area contributed by atoms with Gasteiger partial charge in [0.2, 0.25) is 0 Å². The molecule has 0 radical (unpaired) electrons. The third-order valence-electron chi connectivity index (χ3n) is 3.92. The zero-order valence-electron chi connectivity index (χ0n) is 15.8. The van der Waals surface area contributed by atoms with Crippen LogP contribution in [0.5, 0.6) is 0 Å². The summed E-state index contributed by atoms with van der Waals surface area (Å²) < 4.78 is 0. The lowest BCUT2D eigenvalue weighted by molar-refractivity contribution is 0.102. The van der Waals surface area contributed by atoms with Crippen molar-refractivity contribution < 1.29 is 4.79 Å². The minimum absolute atomic E-state index is 0.0887. The molecule has 5 heteroatoms. The number of carbonyl (C=O) groups is 1. The van der Waals surface area contributed by atoms with Crippen LogP contribution in [-0.2, 0) is 5.41 Å². The standard InChI is InChI=1S/C20H28N4O/c1-6-7-12-21-18-13-17(22-14(2)23-18)19(25)24-16-10-8-15(9-11-16)20(3,4)5/h8-11,13H,6-7,12H2,1-5H3,(H,24,25)(H,21,22,23). The van der Waals surface area contributed by atoms with Crippen molar-refractivity contribution in [3.05, 3.63) is 47.4 Å². The van der Waals surface area contributed by atoms with Crippen LogP contribution in [-0.4, -0.2) is 22.4 Å². The lowest BCUT2D eigenvalue weighted by Gasteiger charge is -2.19. The fraction of sp³-hybridized carbons (Fsp3) is 0.450. The summed E-state index contributed by atoms with van der Waals surface area (Å²) in [6.07, 6.45) is 2.17. The molecule has 0 saturated carbocycles. The molecule has 1 amide bonds. The topological polar surface area (TPSA) is 66.9 Å². The first-order chi connectivity index (χ1) is 11.8. The van der Waals surface area contributed by atoms with Gasteiger partial charge in [0.25, 0.3) is 5.91 Å². The maximum atomic E-state index is 12.5. The number of amides is 1. The lowest BCUT2D eigenvalue weighted by Crippen LogP contribution is -2.16. The highest BCUT2D eigenvalue weighted by Gasteiger charge is 2.14. The van der Waals surface area contributed by atoms with E-state index >= 15 is 0 Å². The van der Waals surface area contributed by atoms with Crippen molar-refractivity contribution in [1.29, 1.82) is 0 Å². The van der Waals surface area contributed by atoms with E-state index in [-0.39, 0.29) is 11.3 Å². The van der Waals surface area contributed by atoms with Crippen LogP contribution in [0.15, 0.2) is 30.3 Å². The second kappa shape index (κ2) is 8.10. The normalized spacial score (nSPS) is 11.2. The van der Waals surface area contributed by atoms with E-state index in [2.05, 4.69) is 48.3 Å². The van der Waals surface area contributed by atoms with Gasteiger partial charge < -0.3 is 10.6 Å². The van der Waals surface area contributed by atoms with Crippen LogP contribution in [0.2, 0.25) is 0 Å². The summed E-state index contributed by atoms with van der Waals surface area (Å²) in [6, 6.07) is 9.62. The Balaban J connectivity index is 2.09. The maximum Gasteiger partial charge on any atom is 0.274 e. The molecule has 0 spiro atoms. The Morgan fingerprint density at radius 3 is 2.40 bits per heavy atom. The van der Waals surface area contributed by atoms with Crippen LogP contribution in [0.1, 0.15) is 62.4 Å². The summed E-state index contributed by atoms with van der Waals surface area (Å²) in [5.74, 6) is 1.04. The summed E-state index contributed by atoms with van der Waals surface area (Å²) >= 11 is 0. The Labute approximate surface area is 150 Å². The van der Waals surface area contributed by atoms with Crippen LogP contribution in [0.25, 0.3) is 0 Å². The number of nitrogens with zero attached hydrogens (tertiary/aromatic N) is 2. The second-order valence-electron chi connectivity index (χ2n) is 7.25. The number of hydrogen-bond acceptors (Lipinski definition) is 4. The van der Waals surface area contributed by atoms with Gasteiger partial charge in [-0.1, -0.05) is 46.2 Å². The highest BCUT2D eigenvalue weighted by molar-refractivity contribution is 6.03. The molecule has 2 rings (SSSR count). The van der Waals surface area contributed by atoms with Crippen LogP contribution in [0.3, 0.4) is 0 Å². The Bertz CT molecular complexity index is 717. The highest BCUT2D eigenvalue weighted by atomic mass is 16.1. The van der Waals surface area contributed by atoms with Gasteiger partial charge in [-0.3, -0.25) is 4.79 Å². The van der Waals surface area contributed by atoms with Crippen molar-refractivity contribution >= 4 is 17.4 Å². The van der Waals surface area contributed by atoms with E-state index in [0.29, 0.717) is 17.3 Å². The first-order valence-electron chi connectivity index (χ1n) is 8.81. The van der Waals surface area contributed by atoms with E-state index in [9.17, 15) is 4.79 Å². The van der Waals surface area contributed by atoms with Crippen LogP contribution in [0, 0.1) is 6.92 Å². The molecule has 0 aliphatic carbocycles. The highest BCUT2D eigenvalue weighted by Crippen LogP contribution is 2.23. The van der Waals surface area contributed by atoms with E-state index < -0.39 is 0 Å². The predicted octanol–water partition coefficient (Wildman–Crippen LogP) is 4.55. The number of unbranched alkanes of at least 4 members (excludes halogenated alkanes) is 1. The molecule has 2 N–H and O–H groups in total. The number of nitrogens with one attached hydrogen (secondary N) is 2. The third-order valence-corrected chi connectivity index (χ3v) is 3.92. The Morgan fingerprint density at radius 2 is 1.80 bits per heavy atom. The molecular formula is C20H28N4O. The molecule has 2 aromatic rings. The lowest BCUT2D eigenvalue weighted by atomic mass is 9.87. The van der Waals surface area contributed by atoms with Gasteiger partial charge in [0.15, 0.2) is 0 Å². The Hall–Kier alpha value is -2.43. The van der Waals surface area contributed by atoms with Gasteiger partial charge in [0, 0.05) is 18.3 Å². The molecule has 5 nitrogen and oxygen atoms in total. The van der Waals surface area contributed by atoms with Gasteiger partial charge in [0.1, 0.15) is 17.3 Å². The number of rotatable bonds is 6. The number of aryl methyl sites for hydroxylation is 1. The number of aromatic nitrogens is 2. The molecule has 1 aromatic heterocycles. The molecule has 0 fully saturated rings. The van der Waals surface area contributed by atoms with Crippen molar-refractivity contribution in [2.45, 2.75) is 52.9 Å². The van der Waals surface area contributed by atoms with Crippen molar-refractivity contribution in [3.8, 4) is 0 Å². The molecule has 0 saturated heterocycles. The van der Waals surface area contributed by atoms with E-state index in [0.717, 1.165) is 25.1 Å². The SMILES string of the molecule is CCCCNc1cc(C(=O)Nc2ccc(C(C)(C)C)cc2)nc(C)n1. The summed E-state index contributed by atoms with van der Waals surface area (Å²) in [7, 11) is 0. The van der Waals surface area contributed by atoms with Gasteiger partial charge >= 0.3 is 0 Å². The Kier molecular flexibility index (Phi) is 6.12. The maximum absolute atomic E-state index is 12.5. The summed E-state index contributed by atoms with van der Waals surface area (Å²) in [4.78, 5) is 21.1. The van der Waals surface area contributed by atoms with E-state index in [1.807, 2.05) is 24.3 Å². The molecular weight excluding hydrogens is 312 g/mol. The molecule has 134 valence electrons. The van der Waals surface area contributed by atoms with E-state index in [4.69, 9.17) is 0 Å². The van der Waals surface area contributed by atoms with Crippen molar-refractivity contribution in [3.63, 3.8) is 0 Å². The molecule has 1 heterocycles. The predicted molar refractivity (Wildman–Crippen MR) is 103 cm³/mol. The fourth-order valence-electron chi connectivity index (χ4n) is 2.42. The van der Waals surface area contributed by atoms with Gasteiger partial charge in [-0.05, 0) is 36.5 Å². The van der Waals surface area contributed by atoms with Crippen LogP contribution < -0.4 is 10.6 Å². The molecule has 0 unspecified atom stereocenters. The zero-order valence-corrected chi connectivity index (χ0v) is 15.8. The average Bonchev–Trinajstić information content (AvgIpc) is 2.54. The molecule has 1 aromatic carbocycles. The van der Waals surface area contributed by atoms with Gasteiger partial charge in [-0.25, -0.2) is 9.97 Å². The number of carbonyl (C=O) groups excluding carboxylic acids is 1. The summed E-state index contributed by atoms with van der Waals surface area (Å²) in [5, 5.41) is 6.14. The van der Waals surface area contributed by atoms with E-state index in [1.165, 1.54) is 5.56 Å². The van der Waals surface area contributed by atoms with Gasteiger partial charge in [-0.15, -0.1) is 0 Å². The number of hydrogen-bond donors (Lipinski definition) is 2. The first kappa shape index (κ1) is 18.9. The molecule has 0 aliphatic rings.